The molecule has 0 amide bonds. The number of hydrogen-bond acceptors (Lipinski definition) is 3. The van der Waals surface area contributed by atoms with Crippen LogP contribution in [0.5, 0.6) is 0 Å². The molecule has 0 radical (unpaired) electrons. The lowest BCUT2D eigenvalue weighted by atomic mass is 9.95. The molecule has 0 saturated carbocycles. The minimum Gasteiger partial charge on any atom is -0.248 e. The van der Waals surface area contributed by atoms with Crippen LogP contribution in [0.4, 0.5) is 0 Å². The molecule has 0 N–H and O–H groups in total. The first-order valence-electron chi connectivity index (χ1n) is 16.9. The molecular formula is C47H29N3. The summed E-state index contributed by atoms with van der Waals surface area (Å²) < 4.78 is 0. The summed E-state index contributed by atoms with van der Waals surface area (Å²) in [7, 11) is 0. The predicted octanol–water partition coefficient (Wildman–Crippen LogP) is 12.3. The van der Waals surface area contributed by atoms with Crippen molar-refractivity contribution in [2.75, 3.05) is 0 Å². The zero-order chi connectivity index (χ0) is 33.0. The smallest absolute Gasteiger partial charge is 0.0715 e. The average molecular weight is 636 g/mol. The van der Waals surface area contributed by atoms with Crippen LogP contribution in [0.3, 0.4) is 0 Å². The van der Waals surface area contributed by atoms with Crippen LogP contribution in [0.1, 0.15) is 0 Å². The largest absolute Gasteiger partial charge is 0.248 e. The number of pyridine rings is 3. The second-order valence-electron chi connectivity index (χ2n) is 12.9. The normalized spacial score (nSPS) is 11.6. The lowest BCUT2D eigenvalue weighted by Gasteiger charge is -2.12. The summed E-state index contributed by atoms with van der Waals surface area (Å²) in [4.78, 5) is 15.3. The summed E-state index contributed by atoms with van der Waals surface area (Å²) in [6.07, 6.45) is 0. The van der Waals surface area contributed by atoms with Gasteiger partial charge in [0.1, 0.15) is 0 Å². The number of fused-ring (bicyclic) bond motifs is 5. The number of hydrogen-bond donors (Lipinski definition) is 0. The first kappa shape index (κ1) is 28.3. The lowest BCUT2D eigenvalue weighted by molar-refractivity contribution is 1.38. The molecule has 232 valence electrons. The minimum absolute atomic E-state index is 0.930. The van der Waals surface area contributed by atoms with E-state index in [-0.39, 0.29) is 0 Å². The van der Waals surface area contributed by atoms with Gasteiger partial charge < -0.3 is 0 Å². The highest BCUT2D eigenvalue weighted by atomic mass is 14.7. The molecule has 0 aliphatic carbocycles. The Labute approximate surface area is 289 Å². The molecule has 3 aromatic heterocycles. The number of benzene rings is 7. The van der Waals surface area contributed by atoms with Gasteiger partial charge in [-0.3, -0.25) is 0 Å². The standard InChI is InChI=1S/C47H29N3/c1-3-10-35-28-46-37(23-33(35)8-1)18-21-44(49-46)40-25-39(30-13-15-32(16-14-30)43-20-17-31-7-5-6-12-42(31)48-43)26-41(27-40)45-22-19-38-24-34-9-2-4-11-36(34)29-47(38)50-45/h1-29H. The Balaban J connectivity index is 1.11. The second kappa shape index (κ2) is 11.5. The SMILES string of the molecule is c1ccc2cc3nc(-c4cc(-c5ccc(-c6ccc7ccccc7n6)cc5)cc(-c5ccc6cc7ccccc7cc6n5)c4)ccc3cc2c1. The van der Waals surface area contributed by atoms with Crippen molar-refractivity contribution >= 4 is 54.3 Å². The van der Waals surface area contributed by atoms with Crippen LogP contribution in [0.2, 0.25) is 0 Å². The molecule has 7 aromatic carbocycles. The quantitative estimate of drug-likeness (QED) is 0.181. The molecule has 3 nitrogen and oxygen atoms in total. The zero-order valence-corrected chi connectivity index (χ0v) is 27.1. The number of nitrogens with zero attached hydrogens (tertiary/aromatic N) is 3. The van der Waals surface area contributed by atoms with Crippen molar-refractivity contribution in [2.24, 2.45) is 0 Å². The van der Waals surface area contributed by atoms with Crippen molar-refractivity contribution in [3.63, 3.8) is 0 Å². The minimum atomic E-state index is 0.930. The fraction of sp³-hybridized carbons (Fsp3) is 0. The van der Waals surface area contributed by atoms with Gasteiger partial charge in [-0.15, -0.1) is 0 Å². The molecule has 0 aliphatic rings. The highest BCUT2D eigenvalue weighted by Gasteiger charge is 2.12. The van der Waals surface area contributed by atoms with Crippen molar-refractivity contribution in [1.29, 1.82) is 0 Å². The molecule has 0 unspecified atom stereocenters. The maximum absolute atomic E-state index is 5.20. The topological polar surface area (TPSA) is 38.7 Å². The predicted molar refractivity (Wildman–Crippen MR) is 209 cm³/mol. The van der Waals surface area contributed by atoms with Crippen molar-refractivity contribution in [3.05, 3.63) is 176 Å². The van der Waals surface area contributed by atoms with Gasteiger partial charge >= 0.3 is 0 Å². The van der Waals surface area contributed by atoms with Crippen LogP contribution in [0, 0.1) is 0 Å². The van der Waals surface area contributed by atoms with E-state index in [0.717, 1.165) is 77.6 Å². The molecular weight excluding hydrogens is 607 g/mol. The van der Waals surface area contributed by atoms with Crippen LogP contribution < -0.4 is 0 Å². The molecule has 0 atom stereocenters. The number of rotatable bonds is 4. The second-order valence-corrected chi connectivity index (χ2v) is 12.9. The van der Waals surface area contributed by atoms with E-state index < -0.39 is 0 Å². The highest BCUT2D eigenvalue weighted by Crippen LogP contribution is 2.35. The van der Waals surface area contributed by atoms with Crippen molar-refractivity contribution < 1.29 is 0 Å². The Morgan fingerprint density at radius 3 is 1.18 bits per heavy atom. The van der Waals surface area contributed by atoms with Crippen LogP contribution in [-0.4, -0.2) is 15.0 Å². The first-order chi connectivity index (χ1) is 24.7. The van der Waals surface area contributed by atoms with Gasteiger partial charge in [-0.05, 0) is 99.4 Å². The summed E-state index contributed by atoms with van der Waals surface area (Å²) in [5.41, 5.74) is 11.2. The van der Waals surface area contributed by atoms with Crippen molar-refractivity contribution in [2.45, 2.75) is 0 Å². The Kier molecular flexibility index (Phi) is 6.49. The van der Waals surface area contributed by atoms with Crippen LogP contribution in [0.15, 0.2) is 176 Å². The van der Waals surface area contributed by atoms with Crippen LogP contribution >= 0.6 is 0 Å². The molecule has 0 saturated heterocycles. The third kappa shape index (κ3) is 5.04. The number of para-hydroxylation sites is 1. The highest BCUT2D eigenvalue weighted by molar-refractivity contribution is 5.99. The molecule has 0 spiro atoms. The van der Waals surface area contributed by atoms with Crippen molar-refractivity contribution in [1.82, 2.24) is 15.0 Å². The zero-order valence-electron chi connectivity index (χ0n) is 27.1. The Hall–Kier alpha value is -6.71. The third-order valence-corrected chi connectivity index (χ3v) is 9.75. The molecule has 3 heterocycles. The van der Waals surface area contributed by atoms with E-state index >= 15 is 0 Å². The first-order valence-corrected chi connectivity index (χ1v) is 16.9. The van der Waals surface area contributed by atoms with Gasteiger partial charge in [-0.2, -0.15) is 0 Å². The van der Waals surface area contributed by atoms with E-state index in [4.69, 9.17) is 15.0 Å². The molecule has 0 bridgehead atoms. The molecule has 50 heavy (non-hydrogen) atoms. The molecule has 0 fully saturated rings. The van der Waals surface area contributed by atoms with Gasteiger partial charge in [0.2, 0.25) is 0 Å². The van der Waals surface area contributed by atoms with Gasteiger partial charge in [-0.25, -0.2) is 15.0 Å². The van der Waals surface area contributed by atoms with E-state index in [1.54, 1.807) is 0 Å². The van der Waals surface area contributed by atoms with Gasteiger partial charge in [0.15, 0.2) is 0 Å². The summed E-state index contributed by atoms with van der Waals surface area (Å²) in [6, 6.07) is 62.3. The van der Waals surface area contributed by atoms with Gasteiger partial charge in [0.25, 0.3) is 0 Å². The molecule has 0 aliphatic heterocycles. The summed E-state index contributed by atoms with van der Waals surface area (Å²) in [5.74, 6) is 0. The van der Waals surface area contributed by atoms with E-state index in [1.165, 1.54) is 21.5 Å². The molecule has 3 heteroatoms. The Morgan fingerprint density at radius 1 is 0.220 bits per heavy atom. The summed E-state index contributed by atoms with van der Waals surface area (Å²) in [6.45, 7) is 0. The summed E-state index contributed by atoms with van der Waals surface area (Å²) >= 11 is 0. The average Bonchev–Trinajstić information content (AvgIpc) is 3.18. The van der Waals surface area contributed by atoms with E-state index in [0.29, 0.717) is 0 Å². The molecule has 10 aromatic rings. The molecule has 10 rings (SSSR count). The van der Waals surface area contributed by atoms with E-state index in [1.807, 2.05) is 12.1 Å². The van der Waals surface area contributed by atoms with Gasteiger partial charge in [0, 0.05) is 32.8 Å². The fourth-order valence-electron chi connectivity index (χ4n) is 7.10. The summed E-state index contributed by atoms with van der Waals surface area (Å²) in [5, 5.41) is 8.21. The number of aromatic nitrogens is 3. The Bertz CT molecular complexity index is 2790. The van der Waals surface area contributed by atoms with Crippen LogP contribution in [-0.2, 0) is 0 Å². The van der Waals surface area contributed by atoms with Crippen molar-refractivity contribution in [3.8, 4) is 44.9 Å². The monoisotopic (exact) mass is 635 g/mol. The Morgan fingerprint density at radius 2 is 0.620 bits per heavy atom. The maximum atomic E-state index is 5.20. The lowest BCUT2D eigenvalue weighted by Crippen LogP contribution is -1.92. The fourth-order valence-corrected chi connectivity index (χ4v) is 7.10. The third-order valence-electron chi connectivity index (χ3n) is 9.75. The van der Waals surface area contributed by atoms with E-state index in [2.05, 4.69) is 164 Å². The van der Waals surface area contributed by atoms with E-state index in [9.17, 15) is 0 Å². The van der Waals surface area contributed by atoms with Gasteiger partial charge in [-0.1, -0.05) is 109 Å². The maximum Gasteiger partial charge on any atom is 0.0715 e. The van der Waals surface area contributed by atoms with Crippen LogP contribution in [0.25, 0.3) is 99.2 Å². The van der Waals surface area contributed by atoms with Gasteiger partial charge in [0.05, 0.1) is 33.6 Å².